The Morgan fingerprint density at radius 1 is 1.37 bits per heavy atom. The van der Waals surface area contributed by atoms with Gasteiger partial charge in [-0.15, -0.1) is 0 Å². The summed E-state index contributed by atoms with van der Waals surface area (Å²) in [5.41, 5.74) is 0.787. The second kappa shape index (κ2) is 7.70. The summed E-state index contributed by atoms with van der Waals surface area (Å²) < 4.78 is 11.0. The van der Waals surface area contributed by atoms with Crippen LogP contribution in [0.25, 0.3) is 6.08 Å². The van der Waals surface area contributed by atoms with Gasteiger partial charge in [0.05, 0.1) is 17.1 Å². The predicted molar refractivity (Wildman–Crippen MR) is 108 cm³/mol. The molecule has 3 aliphatic heterocycles. The topological polar surface area (TPSA) is 88.1 Å². The van der Waals surface area contributed by atoms with Crippen molar-refractivity contribution < 1.29 is 24.2 Å². The number of fused-ring (bicyclic) bond motifs is 1. The molecule has 10 heteroatoms. The van der Waals surface area contributed by atoms with Crippen LogP contribution in [0, 0.1) is 0 Å². The van der Waals surface area contributed by atoms with Crippen LogP contribution in [0.2, 0.25) is 0 Å². The zero-order valence-electron chi connectivity index (χ0n) is 14.0. The van der Waals surface area contributed by atoms with Gasteiger partial charge in [0, 0.05) is 11.5 Å². The van der Waals surface area contributed by atoms with E-state index in [0.717, 1.165) is 17.3 Å². The molecule has 0 bridgehead atoms. The maximum Gasteiger partial charge on any atom is 0.266 e. The summed E-state index contributed by atoms with van der Waals surface area (Å²) >= 11 is 8.00. The van der Waals surface area contributed by atoms with Gasteiger partial charge in [-0.25, -0.2) is 0 Å². The molecule has 2 N–H and O–H groups in total. The molecule has 2 amide bonds. The minimum absolute atomic E-state index is 0.156. The molecule has 2 atom stereocenters. The van der Waals surface area contributed by atoms with Crippen molar-refractivity contribution in [3.05, 3.63) is 28.7 Å². The van der Waals surface area contributed by atoms with Crippen molar-refractivity contribution in [3.8, 4) is 11.5 Å². The van der Waals surface area contributed by atoms with E-state index >= 15 is 0 Å². The number of thiocarbonyl (C=S) groups is 1. The predicted octanol–water partition coefficient (Wildman–Crippen LogP) is 1.21. The summed E-state index contributed by atoms with van der Waals surface area (Å²) in [4.78, 5) is 26.6. The maximum atomic E-state index is 12.7. The van der Waals surface area contributed by atoms with Gasteiger partial charge in [-0.1, -0.05) is 30.0 Å². The van der Waals surface area contributed by atoms with E-state index in [9.17, 15) is 14.7 Å². The number of nitrogens with one attached hydrogen (secondary N) is 1. The summed E-state index contributed by atoms with van der Waals surface area (Å²) in [6, 6.07) is 5.12. The number of ether oxygens (including phenoxy) is 2. The van der Waals surface area contributed by atoms with Gasteiger partial charge in [-0.3, -0.25) is 14.5 Å². The average molecular weight is 425 g/mol. The average Bonchev–Trinajstić information content (AvgIpc) is 3.32. The monoisotopic (exact) mass is 424 g/mol. The van der Waals surface area contributed by atoms with E-state index in [1.165, 1.54) is 4.90 Å². The highest BCUT2D eigenvalue weighted by Crippen LogP contribution is 2.36. The molecule has 142 valence electrons. The molecule has 2 saturated heterocycles. The second-order valence-corrected chi connectivity index (χ2v) is 8.91. The number of benzene rings is 1. The molecule has 27 heavy (non-hydrogen) atoms. The molecular weight excluding hydrogens is 408 g/mol. The van der Waals surface area contributed by atoms with Crippen LogP contribution in [0.5, 0.6) is 11.5 Å². The molecule has 3 heterocycles. The van der Waals surface area contributed by atoms with Crippen LogP contribution in [-0.4, -0.2) is 63.1 Å². The van der Waals surface area contributed by atoms with E-state index in [4.69, 9.17) is 21.7 Å². The van der Waals surface area contributed by atoms with Crippen molar-refractivity contribution in [1.29, 1.82) is 0 Å². The van der Waals surface area contributed by atoms with Crippen molar-refractivity contribution in [2.75, 3.05) is 24.8 Å². The quantitative estimate of drug-likeness (QED) is 0.551. The molecule has 0 saturated carbocycles. The van der Waals surface area contributed by atoms with Gasteiger partial charge in [-0.2, -0.15) is 11.8 Å². The van der Waals surface area contributed by atoms with Crippen LogP contribution >= 0.6 is 35.7 Å². The number of aliphatic hydroxyl groups is 1. The zero-order chi connectivity index (χ0) is 19.0. The molecule has 0 aliphatic carbocycles. The van der Waals surface area contributed by atoms with Crippen molar-refractivity contribution >= 4 is 58.0 Å². The van der Waals surface area contributed by atoms with Gasteiger partial charge in [0.25, 0.3) is 5.91 Å². The first kappa shape index (κ1) is 18.6. The highest BCUT2D eigenvalue weighted by molar-refractivity contribution is 8.26. The zero-order valence-corrected chi connectivity index (χ0v) is 16.5. The minimum Gasteiger partial charge on any atom is -0.454 e. The van der Waals surface area contributed by atoms with Crippen molar-refractivity contribution in [2.24, 2.45) is 0 Å². The van der Waals surface area contributed by atoms with Crippen molar-refractivity contribution in [2.45, 2.75) is 12.1 Å². The minimum atomic E-state index is -0.559. The number of amides is 2. The largest absolute Gasteiger partial charge is 0.454 e. The lowest BCUT2D eigenvalue weighted by Crippen LogP contribution is -2.47. The van der Waals surface area contributed by atoms with Gasteiger partial charge in [0.1, 0.15) is 10.9 Å². The van der Waals surface area contributed by atoms with Gasteiger partial charge >= 0.3 is 0 Å². The van der Waals surface area contributed by atoms with Gasteiger partial charge in [0.2, 0.25) is 12.7 Å². The number of nitrogens with zero attached hydrogens (tertiary/aromatic N) is 1. The Kier molecular flexibility index (Phi) is 5.31. The van der Waals surface area contributed by atoms with Crippen molar-refractivity contribution in [1.82, 2.24) is 10.2 Å². The van der Waals surface area contributed by atoms with E-state index in [1.807, 2.05) is 6.07 Å². The third-order valence-corrected chi connectivity index (χ3v) is 6.82. The normalized spacial score (nSPS) is 25.5. The number of rotatable bonds is 4. The second-order valence-electron chi connectivity index (χ2n) is 6.16. The Labute approximate surface area is 169 Å². The fourth-order valence-corrected chi connectivity index (χ4v) is 5.29. The Morgan fingerprint density at radius 2 is 2.19 bits per heavy atom. The van der Waals surface area contributed by atoms with E-state index in [1.54, 1.807) is 30.0 Å². The third kappa shape index (κ3) is 3.93. The Morgan fingerprint density at radius 3 is 2.96 bits per heavy atom. The lowest BCUT2D eigenvalue weighted by atomic mass is 10.2. The first-order valence-electron chi connectivity index (χ1n) is 8.21. The molecule has 0 aromatic heterocycles. The molecule has 1 aromatic rings. The van der Waals surface area contributed by atoms with Gasteiger partial charge in [0.15, 0.2) is 11.5 Å². The Hall–Kier alpha value is -1.75. The van der Waals surface area contributed by atoms with E-state index in [0.29, 0.717) is 32.2 Å². The lowest BCUT2D eigenvalue weighted by molar-refractivity contribution is -0.129. The first-order valence-corrected chi connectivity index (χ1v) is 10.6. The molecule has 4 rings (SSSR count). The smallest absolute Gasteiger partial charge is 0.266 e. The van der Waals surface area contributed by atoms with E-state index < -0.39 is 6.10 Å². The Balaban J connectivity index is 1.43. The van der Waals surface area contributed by atoms with Crippen LogP contribution < -0.4 is 14.8 Å². The third-order valence-electron chi connectivity index (χ3n) is 4.27. The van der Waals surface area contributed by atoms with E-state index in [-0.39, 0.29) is 31.2 Å². The summed E-state index contributed by atoms with van der Waals surface area (Å²) in [5, 5.41) is 12.6. The number of carbonyl (C=O) groups is 2. The molecule has 0 unspecified atom stereocenters. The van der Waals surface area contributed by atoms with Crippen LogP contribution in [0.3, 0.4) is 0 Å². The van der Waals surface area contributed by atoms with Crippen LogP contribution in [0.4, 0.5) is 0 Å². The van der Waals surface area contributed by atoms with Crippen LogP contribution in [0.15, 0.2) is 23.1 Å². The number of aliphatic hydroxyl groups excluding tert-OH is 1. The SMILES string of the molecule is O=C(CN1C(=O)C(=Cc2ccc3c(c2)OCO3)SC1=S)N[C@@H]1CSC[C@@H]1O. The lowest BCUT2D eigenvalue weighted by Gasteiger charge is -2.18. The fraction of sp³-hybridized carbons (Fsp3) is 0.353. The number of hydrogen-bond acceptors (Lipinski definition) is 8. The number of thioether (sulfide) groups is 2. The molecule has 7 nitrogen and oxygen atoms in total. The molecular formula is C17H16N2O5S3. The molecule has 2 fully saturated rings. The molecule has 0 radical (unpaired) electrons. The highest BCUT2D eigenvalue weighted by atomic mass is 32.2. The van der Waals surface area contributed by atoms with E-state index in [2.05, 4.69) is 5.32 Å². The number of carbonyl (C=O) groups excluding carboxylic acids is 2. The van der Waals surface area contributed by atoms with Gasteiger partial charge < -0.3 is 19.9 Å². The summed E-state index contributed by atoms with van der Waals surface area (Å²) in [6.07, 6.45) is 1.16. The highest BCUT2D eigenvalue weighted by Gasteiger charge is 2.35. The first-order chi connectivity index (χ1) is 13.0. The van der Waals surface area contributed by atoms with Crippen molar-refractivity contribution in [3.63, 3.8) is 0 Å². The standard InChI is InChI=1S/C17H16N2O5S3/c20-11-7-26-6-10(11)18-15(21)5-19-16(22)14(27-17(19)25)4-9-1-2-12-13(3-9)24-8-23-12/h1-4,10-11,20H,5-8H2,(H,18,21)/t10-,11+/m1/s1. The summed E-state index contributed by atoms with van der Waals surface area (Å²) in [6.45, 7) is 0.0290. The molecule has 0 spiro atoms. The molecule has 1 aromatic carbocycles. The van der Waals surface area contributed by atoms with Crippen LogP contribution in [0.1, 0.15) is 5.56 Å². The van der Waals surface area contributed by atoms with Crippen LogP contribution in [-0.2, 0) is 9.59 Å². The number of hydrogen-bond donors (Lipinski definition) is 2. The maximum absolute atomic E-state index is 12.7. The summed E-state index contributed by atoms with van der Waals surface area (Å²) in [5.74, 6) is 1.93. The Bertz CT molecular complexity index is 844. The fourth-order valence-electron chi connectivity index (χ4n) is 2.87. The summed E-state index contributed by atoms with van der Waals surface area (Å²) in [7, 11) is 0. The molecule has 3 aliphatic rings. The van der Waals surface area contributed by atoms with Gasteiger partial charge in [-0.05, 0) is 23.8 Å².